The monoisotopic (exact) mass is 429 g/mol. The van der Waals surface area contributed by atoms with E-state index in [1.165, 1.54) is 22.3 Å². The number of nitrogens with one attached hydrogen (secondary N) is 1. The van der Waals surface area contributed by atoms with Gasteiger partial charge in [0.1, 0.15) is 6.61 Å². The normalized spacial score (nSPS) is 12.3. The standard InChI is InChI=1S/C27H27NO4/c1-30-25-15-14-19(17-26(25)31-2)9-7-8-16-28-27(29)32-18-24-22-12-5-3-10-20(22)21-11-4-6-13-23(21)24/h3-7,9-15,17,24H,8,16,18H2,1-2H3,(H,28,29). The maximum Gasteiger partial charge on any atom is 0.407 e. The number of ether oxygens (including phenoxy) is 3. The quantitative estimate of drug-likeness (QED) is 0.471. The smallest absolute Gasteiger partial charge is 0.407 e. The second kappa shape index (κ2) is 10.1. The lowest BCUT2D eigenvalue weighted by molar-refractivity contribution is 0.143. The molecule has 0 radical (unpaired) electrons. The summed E-state index contributed by atoms with van der Waals surface area (Å²) in [4.78, 5) is 12.2. The molecular weight excluding hydrogens is 402 g/mol. The third kappa shape index (κ3) is 4.62. The van der Waals surface area contributed by atoms with Gasteiger partial charge >= 0.3 is 6.09 Å². The fourth-order valence-electron chi connectivity index (χ4n) is 4.08. The third-order valence-electron chi connectivity index (χ3n) is 5.64. The zero-order valence-corrected chi connectivity index (χ0v) is 18.3. The van der Waals surface area contributed by atoms with Gasteiger partial charge in [0.05, 0.1) is 14.2 Å². The van der Waals surface area contributed by atoms with E-state index < -0.39 is 6.09 Å². The second-order valence-corrected chi connectivity index (χ2v) is 7.56. The zero-order valence-electron chi connectivity index (χ0n) is 18.3. The topological polar surface area (TPSA) is 56.8 Å². The number of amides is 1. The molecule has 4 rings (SSSR count). The summed E-state index contributed by atoms with van der Waals surface area (Å²) >= 11 is 0. The minimum atomic E-state index is -0.397. The van der Waals surface area contributed by atoms with Crippen molar-refractivity contribution in [2.24, 2.45) is 0 Å². The average Bonchev–Trinajstić information content (AvgIpc) is 3.16. The average molecular weight is 430 g/mol. The number of carbonyl (C=O) groups is 1. The molecule has 0 aliphatic heterocycles. The zero-order chi connectivity index (χ0) is 22.3. The highest BCUT2D eigenvalue weighted by atomic mass is 16.5. The molecule has 32 heavy (non-hydrogen) atoms. The largest absolute Gasteiger partial charge is 0.493 e. The van der Waals surface area contributed by atoms with Crippen LogP contribution in [-0.4, -0.2) is 33.5 Å². The van der Waals surface area contributed by atoms with E-state index in [2.05, 4.69) is 29.6 Å². The molecule has 3 aromatic carbocycles. The Kier molecular flexibility index (Phi) is 6.75. The van der Waals surface area contributed by atoms with Gasteiger partial charge in [0.2, 0.25) is 0 Å². The van der Waals surface area contributed by atoms with Crippen LogP contribution in [0.5, 0.6) is 11.5 Å². The van der Waals surface area contributed by atoms with Gasteiger partial charge in [0.15, 0.2) is 11.5 Å². The van der Waals surface area contributed by atoms with Crippen molar-refractivity contribution >= 4 is 12.2 Å². The fourth-order valence-corrected chi connectivity index (χ4v) is 4.08. The van der Waals surface area contributed by atoms with Gasteiger partial charge in [-0.15, -0.1) is 0 Å². The van der Waals surface area contributed by atoms with Gasteiger partial charge in [-0.25, -0.2) is 4.79 Å². The SMILES string of the molecule is COc1ccc(C=CCCNC(=O)OCC2c3ccccc3-c3ccccc32)cc1OC. The molecule has 1 aliphatic rings. The van der Waals surface area contributed by atoms with Crippen molar-refractivity contribution in [3.8, 4) is 22.6 Å². The Hall–Kier alpha value is -3.73. The summed E-state index contributed by atoms with van der Waals surface area (Å²) in [5, 5.41) is 2.82. The van der Waals surface area contributed by atoms with Crippen molar-refractivity contribution < 1.29 is 19.0 Å². The highest BCUT2D eigenvalue weighted by molar-refractivity contribution is 5.79. The predicted octanol–water partition coefficient (Wildman–Crippen LogP) is 5.65. The van der Waals surface area contributed by atoms with E-state index in [4.69, 9.17) is 14.2 Å². The van der Waals surface area contributed by atoms with Crippen molar-refractivity contribution in [1.82, 2.24) is 5.32 Å². The van der Waals surface area contributed by atoms with Crippen LogP contribution in [0.2, 0.25) is 0 Å². The van der Waals surface area contributed by atoms with Gasteiger partial charge in [-0.2, -0.15) is 0 Å². The van der Waals surface area contributed by atoms with Crippen molar-refractivity contribution in [3.63, 3.8) is 0 Å². The first-order valence-corrected chi connectivity index (χ1v) is 10.7. The van der Waals surface area contributed by atoms with E-state index in [1.807, 2.05) is 54.6 Å². The number of methoxy groups -OCH3 is 2. The first kappa shape index (κ1) is 21.5. The minimum absolute atomic E-state index is 0.0677. The maximum atomic E-state index is 12.2. The summed E-state index contributed by atoms with van der Waals surface area (Å²) in [7, 11) is 3.23. The Morgan fingerprint density at radius 2 is 1.56 bits per heavy atom. The molecule has 5 nitrogen and oxygen atoms in total. The molecule has 0 saturated carbocycles. The van der Waals surface area contributed by atoms with E-state index in [-0.39, 0.29) is 5.92 Å². The van der Waals surface area contributed by atoms with Crippen molar-refractivity contribution in [2.75, 3.05) is 27.4 Å². The van der Waals surface area contributed by atoms with Crippen LogP contribution in [0.3, 0.4) is 0 Å². The minimum Gasteiger partial charge on any atom is -0.493 e. The number of hydrogen-bond donors (Lipinski definition) is 1. The number of carbonyl (C=O) groups excluding carboxylic acids is 1. The van der Waals surface area contributed by atoms with Gasteiger partial charge in [-0.1, -0.05) is 66.7 Å². The molecule has 0 fully saturated rings. The number of fused-ring (bicyclic) bond motifs is 3. The Bertz CT molecular complexity index is 1080. The molecule has 0 atom stereocenters. The van der Waals surface area contributed by atoms with E-state index in [0.29, 0.717) is 31.1 Å². The Labute approximate surface area is 188 Å². The van der Waals surface area contributed by atoms with Gasteiger partial charge in [-0.3, -0.25) is 0 Å². The lowest BCUT2D eigenvalue weighted by atomic mass is 9.98. The van der Waals surface area contributed by atoms with Gasteiger partial charge in [0, 0.05) is 12.5 Å². The van der Waals surface area contributed by atoms with Gasteiger partial charge in [-0.05, 0) is 46.4 Å². The molecule has 0 heterocycles. The van der Waals surface area contributed by atoms with E-state index >= 15 is 0 Å². The summed E-state index contributed by atoms with van der Waals surface area (Å²) in [6, 6.07) is 22.4. The first-order chi connectivity index (χ1) is 15.7. The Balaban J connectivity index is 1.26. The van der Waals surface area contributed by atoms with Crippen LogP contribution >= 0.6 is 0 Å². The highest BCUT2D eigenvalue weighted by Gasteiger charge is 2.28. The molecule has 1 aliphatic carbocycles. The molecular formula is C27H27NO4. The summed E-state index contributed by atoms with van der Waals surface area (Å²) in [5.74, 6) is 1.45. The highest BCUT2D eigenvalue weighted by Crippen LogP contribution is 2.44. The number of benzene rings is 3. The summed E-state index contributed by atoms with van der Waals surface area (Å²) < 4.78 is 16.1. The summed E-state index contributed by atoms with van der Waals surface area (Å²) in [6.07, 6.45) is 4.29. The van der Waals surface area contributed by atoms with Gasteiger partial charge < -0.3 is 19.5 Å². The first-order valence-electron chi connectivity index (χ1n) is 10.7. The Morgan fingerprint density at radius 3 is 2.22 bits per heavy atom. The van der Waals surface area contributed by atoms with Gasteiger partial charge in [0.25, 0.3) is 0 Å². The van der Waals surface area contributed by atoms with Crippen molar-refractivity contribution in [1.29, 1.82) is 0 Å². The summed E-state index contributed by atoms with van der Waals surface area (Å²) in [5.41, 5.74) is 5.86. The molecule has 0 spiro atoms. The predicted molar refractivity (Wildman–Crippen MR) is 126 cm³/mol. The maximum absolute atomic E-state index is 12.2. The van der Waals surface area contributed by atoms with E-state index in [0.717, 1.165) is 5.56 Å². The summed E-state index contributed by atoms with van der Waals surface area (Å²) in [6.45, 7) is 0.821. The molecule has 5 heteroatoms. The lowest BCUT2D eigenvalue weighted by Crippen LogP contribution is -2.26. The van der Waals surface area contributed by atoms with Crippen LogP contribution < -0.4 is 14.8 Å². The van der Waals surface area contributed by atoms with Crippen LogP contribution in [-0.2, 0) is 4.74 Å². The molecule has 0 saturated heterocycles. The molecule has 1 N–H and O–H groups in total. The third-order valence-corrected chi connectivity index (χ3v) is 5.64. The molecule has 0 bridgehead atoms. The van der Waals surface area contributed by atoms with E-state index in [1.54, 1.807) is 14.2 Å². The number of alkyl carbamates (subject to hydrolysis) is 1. The van der Waals surface area contributed by atoms with Crippen LogP contribution in [0.25, 0.3) is 17.2 Å². The van der Waals surface area contributed by atoms with E-state index in [9.17, 15) is 4.79 Å². The number of hydrogen-bond acceptors (Lipinski definition) is 4. The lowest BCUT2D eigenvalue weighted by Gasteiger charge is -2.14. The molecule has 1 amide bonds. The fraction of sp³-hybridized carbons (Fsp3) is 0.222. The van der Waals surface area contributed by atoms with Crippen LogP contribution in [0, 0.1) is 0 Å². The molecule has 0 unspecified atom stereocenters. The van der Waals surface area contributed by atoms with Crippen LogP contribution in [0.1, 0.15) is 29.0 Å². The molecule has 164 valence electrons. The van der Waals surface area contributed by atoms with Crippen LogP contribution in [0.4, 0.5) is 4.79 Å². The number of rotatable bonds is 8. The second-order valence-electron chi connectivity index (χ2n) is 7.56. The van der Waals surface area contributed by atoms with Crippen molar-refractivity contribution in [2.45, 2.75) is 12.3 Å². The van der Waals surface area contributed by atoms with Crippen LogP contribution in [0.15, 0.2) is 72.8 Å². The molecule has 3 aromatic rings. The Morgan fingerprint density at radius 1 is 0.906 bits per heavy atom. The molecule has 0 aromatic heterocycles. The van der Waals surface area contributed by atoms with Crippen molar-refractivity contribution in [3.05, 3.63) is 89.5 Å².